The van der Waals surface area contributed by atoms with Crippen LogP contribution in [0, 0.1) is 5.41 Å². The van der Waals surface area contributed by atoms with Crippen molar-refractivity contribution < 1.29 is 9.59 Å². The lowest BCUT2D eigenvalue weighted by molar-refractivity contribution is -0.138. The van der Waals surface area contributed by atoms with Gasteiger partial charge in [-0.1, -0.05) is 37.1 Å². The van der Waals surface area contributed by atoms with Gasteiger partial charge in [0.2, 0.25) is 11.8 Å². The Hall–Kier alpha value is -1.84. The lowest BCUT2D eigenvalue weighted by atomic mass is 9.85. The van der Waals surface area contributed by atoms with Gasteiger partial charge >= 0.3 is 0 Å². The molecule has 1 heterocycles. The molecule has 1 saturated heterocycles. The zero-order valence-electron chi connectivity index (χ0n) is 14.5. The second-order valence-electron chi connectivity index (χ2n) is 7.97. The fourth-order valence-corrected chi connectivity index (χ4v) is 4.87. The Balaban J connectivity index is 1.37. The molecule has 1 aliphatic heterocycles. The molecule has 2 fully saturated rings. The first kappa shape index (κ1) is 15.7. The highest BCUT2D eigenvalue weighted by molar-refractivity contribution is 5.86. The minimum atomic E-state index is 0.0798. The number of hydrogen-bond donors (Lipinski definition) is 0. The summed E-state index contributed by atoms with van der Waals surface area (Å²) >= 11 is 0. The minimum Gasteiger partial charge on any atom is -0.341 e. The van der Waals surface area contributed by atoms with Crippen molar-refractivity contribution in [2.75, 3.05) is 20.1 Å². The third-order valence-electron chi connectivity index (χ3n) is 6.37. The molecule has 0 radical (unpaired) electrons. The Bertz CT molecular complexity index is 638. The van der Waals surface area contributed by atoms with Gasteiger partial charge in [-0.15, -0.1) is 0 Å². The highest BCUT2D eigenvalue weighted by Gasteiger charge is 2.45. The van der Waals surface area contributed by atoms with Gasteiger partial charge in [-0.3, -0.25) is 9.59 Å². The molecule has 4 heteroatoms. The van der Waals surface area contributed by atoms with E-state index in [2.05, 4.69) is 24.3 Å². The maximum absolute atomic E-state index is 12.7. The van der Waals surface area contributed by atoms with Crippen LogP contribution in [-0.4, -0.2) is 47.8 Å². The lowest BCUT2D eigenvalue weighted by Gasteiger charge is -2.28. The van der Waals surface area contributed by atoms with Crippen LogP contribution in [0.5, 0.6) is 0 Å². The molecule has 2 aliphatic carbocycles. The summed E-state index contributed by atoms with van der Waals surface area (Å²) in [6, 6.07) is 8.66. The van der Waals surface area contributed by atoms with Crippen molar-refractivity contribution in [3.63, 3.8) is 0 Å². The van der Waals surface area contributed by atoms with Crippen molar-refractivity contribution in [3.8, 4) is 0 Å². The summed E-state index contributed by atoms with van der Waals surface area (Å²) < 4.78 is 0. The molecular weight excluding hydrogens is 300 g/mol. The minimum absolute atomic E-state index is 0.0798. The van der Waals surface area contributed by atoms with Crippen LogP contribution in [0.25, 0.3) is 0 Å². The van der Waals surface area contributed by atoms with E-state index >= 15 is 0 Å². The van der Waals surface area contributed by atoms with Crippen LogP contribution < -0.4 is 0 Å². The first-order chi connectivity index (χ1) is 11.6. The SMILES string of the molecule is CN(C(=O)CN1CC2(CCCC2)CC1=O)C1Cc2ccccc2C1. The summed E-state index contributed by atoms with van der Waals surface area (Å²) in [5.41, 5.74) is 2.88. The Morgan fingerprint density at radius 1 is 1.21 bits per heavy atom. The van der Waals surface area contributed by atoms with E-state index in [1.54, 1.807) is 0 Å². The van der Waals surface area contributed by atoms with E-state index in [1.807, 2.05) is 16.8 Å². The molecule has 24 heavy (non-hydrogen) atoms. The van der Waals surface area contributed by atoms with E-state index in [9.17, 15) is 9.59 Å². The third kappa shape index (κ3) is 2.72. The quantitative estimate of drug-likeness (QED) is 0.856. The van der Waals surface area contributed by atoms with Crippen molar-refractivity contribution in [2.24, 2.45) is 5.41 Å². The van der Waals surface area contributed by atoms with Crippen molar-refractivity contribution in [1.29, 1.82) is 0 Å². The molecule has 1 saturated carbocycles. The molecule has 2 amide bonds. The number of likely N-dealkylation sites (tertiary alicyclic amines) is 1. The van der Waals surface area contributed by atoms with Gasteiger partial charge < -0.3 is 9.80 Å². The number of likely N-dealkylation sites (N-methyl/N-ethyl adjacent to an activating group) is 1. The van der Waals surface area contributed by atoms with E-state index in [1.165, 1.54) is 24.0 Å². The molecule has 1 spiro atoms. The summed E-state index contributed by atoms with van der Waals surface area (Å²) in [5, 5.41) is 0. The van der Waals surface area contributed by atoms with Crippen LogP contribution >= 0.6 is 0 Å². The summed E-state index contributed by atoms with van der Waals surface area (Å²) in [4.78, 5) is 28.7. The van der Waals surface area contributed by atoms with Crippen molar-refractivity contribution in [1.82, 2.24) is 9.80 Å². The van der Waals surface area contributed by atoms with Gasteiger partial charge in [-0.05, 0) is 42.2 Å². The number of benzene rings is 1. The Morgan fingerprint density at radius 3 is 2.46 bits per heavy atom. The largest absolute Gasteiger partial charge is 0.341 e. The average molecular weight is 326 g/mol. The number of carbonyl (C=O) groups is 2. The summed E-state index contributed by atoms with van der Waals surface area (Å²) in [6.07, 6.45) is 7.27. The number of nitrogens with zero attached hydrogens (tertiary/aromatic N) is 2. The molecule has 3 aliphatic rings. The highest BCUT2D eigenvalue weighted by atomic mass is 16.2. The molecule has 128 valence electrons. The van der Waals surface area contributed by atoms with E-state index < -0.39 is 0 Å². The van der Waals surface area contributed by atoms with E-state index in [-0.39, 0.29) is 29.8 Å². The molecule has 0 aromatic heterocycles. The molecule has 0 atom stereocenters. The van der Waals surface area contributed by atoms with Gasteiger partial charge in [0, 0.05) is 26.1 Å². The van der Waals surface area contributed by atoms with Gasteiger partial charge in [0.05, 0.1) is 6.54 Å². The number of carbonyl (C=O) groups excluding carboxylic acids is 2. The molecule has 0 N–H and O–H groups in total. The first-order valence-electron chi connectivity index (χ1n) is 9.17. The summed E-state index contributed by atoms with van der Waals surface area (Å²) in [6.45, 7) is 1.04. The second kappa shape index (κ2) is 5.91. The lowest BCUT2D eigenvalue weighted by Crippen LogP contribution is -2.44. The predicted molar refractivity (Wildman–Crippen MR) is 92.5 cm³/mol. The average Bonchev–Trinajstić information content (AvgIpc) is 3.26. The number of fused-ring (bicyclic) bond motifs is 1. The standard InChI is InChI=1S/C20H26N2O2/c1-21(17-10-15-6-2-3-7-16(15)11-17)19(24)13-22-14-20(12-18(22)23)8-4-5-9-20/h2-3,6-7,17H,4-5,8-14H2,1H3. The topological polar surface area (TPSA) is 40.6 Å². The monoisotopic (exact) mass is 326 g/mol. The first-order valence-corrected chi connectivity index (χ1v) is 9.17. The van der Waals surface area contributed by atoms with E-state index in [0.717, 1.165) is 32.2 Å². The molecule has 4 nitrogen and oxygen atoms in total. The van der Waals surface area contributed by atoms with E-state index in [0.29, 0.717) is 6.42 Å². The van der Waals surface area contributed by atoms with Crippen LogP contribution in [0.2, 0.25) is 0 Å². The number of hydrogen-bond acceptors (Lipinski definition) is 2. The maximum atomic E-state index is 12.7. The third-order valence-corrected chi connectivity index (χ3v) is 6.37. The zero-order chi connectivity index (χ0) is 16.7. The van der Waals surface area contributed by atoms with Gasteiger partial charge in [-0.25, -0.2) is 0 Å². The Labute approximate surface area is 143 Å². The van der Waals surface area contributed by atoms with Gasteiger partial charge in [0.15, 0.2) is 0 Å². The Morgan fingerprint density at radius 2 is 1.83 bits per heavy atom. The van der Waals surface area contributed by atoms with Crippen LogP contribution in [0.1, 0.15) is 43.2 Å². The van der Waals surface area contributed by atoms with Gasteiger partial charge in [0.25, 0.3) is 0 Å². The molecular formula is C20H26N2O2. The van der Waals surface area contributed by atoms with Crippen LogP contribution in [0.4, 0.5) is 0 Å². The summed E-state index contributed by atoms with van der Waals surface area (Å²) in [7, 11) is 1.89. The molecule has 1 aromatic carbocycles. The highest BCUT2D eigenvalue weighted by Crippen LogP contribution is 2.45. The summed E-state index contributed by atoms with van der Waals surface area (Å²) in [5.74, 6) is 0.254. The molecule has 0 unspecified atom stereocenters. The van der Waals surface area contributed by atoms with Crippen LogP contribution in [0.3, 0.4) is 0 Å². The number of rotatable bonds is 3. The fourth-order valence-electron chi connectivity index (χ4n) is 4.87. The van der Waals surface area contributed by atoms with E-state index in [4.69, 9.17) is 0 Å². The molecule has 0 bridgehead atoms. The van der Waals surface area contributed by atoms with Crippen molar-refractivity contribution >= 4 is 11.8 Å². The maximum Gasteiger partial charge on any atom is 0.242 e. The zero-order valence-corrected chi connectivity index (χ0v) is 14.5. The van der Waals surface area contributed by atoms with Crippen LogP contribution in [-0.2, 0) is 22.4 Å². The van der Waals surface area contributed by atoms with Gasteiger partial charge in [0.1, 0.15) is 0 Å². The fraction of sp³-hybridized carbons (Fsp3) is 0.600. The Kier molecular flexibility index (Phi) is 3.86. The number of amides is 2. The van der Waals surface area contributed by atoms with Crippen LogP contribution in [0.15, 0.2) is 24.3 Å². The predicted octanol–water partition coefficient (Wildman–Crippen LogP) is 2.40. The molecule has 4 rings (SSSR count). The normalized spacial score (nSPS) is 22.4. The van der Waals surface area contributed by atoms with Crippen molar-refractivity contribution in [3.05, 3.63) is 35.4 Å². The molecule has 1 aromatic rings. The second-order valence-corrected chi connectivity index (χ2v) is 7.97. The van der Waals surface area contributed by atoms with Gasteiger partial charge in [-0.2, -0.15) is 0 Å². The van der Waals surface area contributed by atoms with Crippen molar-refractivity contribution in [2.45, 2.75) is 51.0 Å². The smallest absolute Gasteiger partial charge is 0.242 e.